The van der Waals surface area contributed by atoms with Crippen LogP contribution in [0.5, 0.6) is 0 Å². The van der Waals surface area contributed by atoms with Crippen molar-refractivity contribution in [2.75, 3.05) is 13.3 Å². The molecular weight excluding hydrogens is 185 g/mol. The van der Waals surface area contributed by atoms with Gasteiger partial charge in [-0.1, -0.05) is 0 Å². The van der Waals surface area contributed by atoms with Crippen LogP contribution in [0.1, 0.15) is 6.42 Å². The maximum absolute atomic E-state index is 10.8. The van der Waals surface area contributed by atoms with Crippen molar-refractivity contribution in [1.29, 1.82) is 0 Å². The summed E-state index contributed by atoms with van der Waals surface area (Å²) in [6, 6.07) is -1.11. The molecule has 4 N–H and O–H groups in total. The highest BCUT2D eigenvalue weighted by Gasteiger charge is 2.21. The largest absolute Gasteiger partial charge is 0.480 e. The Hall–Kier alpha value is -0.420. The van der Waals surface area contributed by atoms with E-state index in [4.69, 9.17) is 15.7 Å². The molecule has 2 atom stereocenters. The van der Waals surface area contributed by atoms with Crippen LogP contribution >= 0.6 is 7.60 Å². The topological polar surface area (TPSA) is 110 Å². The van der Waals surface area contributed by atoms with Crippen molar-refractivity contribution in [3.8, 4) is 0 Å². The van der Waals surface area contributed by atoms with Crippen LogP contribution in [0, 0.1) is 0 Å². The molecule has 1 unspecified atom stereocenters. The number of aliphatic carboxylic acids is 1. The van der Waals surface area contributed by atoms with Crippen LogP contribution in [0.2, 0.25) is 0 Å². The van der Waals surface area contributed by atoms with Gasteiger partial charge in [-0.3, -0.25) is 9.36 Å². The molecule has 72 valence electrons. The van der Waals surface area contributed by atoms with Gasteiger partial charge >= 0.3 is 13.6 Å². The van der Waals surface area contributed by atoms with Gasteiger partial charge in [-0.25, -0.2) is 0 Å². The number of rotatable bonds is 5. The van der Waals surface area contributed by atoms with E-state index in [1.54, 1.807) is 0 Å². The van der Waals surface area contributed by atoms with Crippen molar-refractivity contribution in [2.45, 2.75) is 12.5 Å². The van der Waals surface area contributed by atoms with Gasteiger partial charge in [0.1, 0.15) is 6.04 Å². The Morgan fingerprint density at radius 1 is 1.75 bits per heavy atom. The number of carboxylic acid groups (broad SMARTS) is 1. The highest BCUT2D eigenvalue weighted by atomic mass is 31.2. The van der Waals surface area contributed by atoms with Crippen molar-refractivity contribution < 1.29 is 23.9 Å². The molecule has 0 saturated heterocycles. The van der Waals surface area contributed by atoms with E-state index in [0.29, 0.717) is 0 Å². The number of hydrogen-bond acceptors (Lipinski definition) is 4. The molecule has 12 heavy (non-hydrogen) atoms. The van der Waals surface area contributed by atoms with E-state index in [0.717, 1.165) is 7.11 Å². The van der Waals surface area contributed by atoms with Crippen molar-refractivity contribution in [2.24, 2.45) is 5.73 Å². The molecule has 0 aliphatic rings. The van der Waals surface area contributed by atoms with Crippen LogP contribution in [0.25, 0.3) is 0 Å². The van der Waals surface area contributed by atoms with Crippen LogP contribution in [-0.2, 0) is 13.9 Å². The summed E-state index contributed by atoms with van der Waals surface area (Å²) in [7, 11) is -2.52. The Kier molecular flexibility index (Phi) is 4.41. The molecular formula is C5H12NO5P. The number of carboxylic acids is 1. The molecule has 0 aliphatic carbocycles. The molecule has 0 aliphatic heterocycles. The van der Waals surface area contributed by atoms with Gasteiger partial charge in [0.25, 0.3) is 0 Å². The second kappa shape index (κ2) is 4.57. The monoisotopic (exact) mass is 197 g/mol. The van der Waals surface area contributed by atoms with Crippen molar-refractivity contribution in [1.82, 2.24) is 0 Å². The quantitative estimate of drug-likeness (QED) is 0.518. The van der Waals surface area contributed by atoms with Gasteiger partial charge in [-0.2, -0.15) is 0 Å². The molecule has 6 nitrogen and oxygen atoms in total. The predicted molar refractivity (Wildman–Crippen MR) is 41.9 cm³/mol. The maximum Gasteiger partial charge on any atom is 0.327 e. The fraction of sp³-hybridized carbons (Fsp3) is 0.800. The van der Waals surface area contributed by atoms with Gasteiger partial charge < -0.3 is 20.3 Å². The molecule has 0 saturated carbocycles. The third-order valence-corrected chi connectivity index (χ3v) is 2.72. The first kappa shape index (κ1) is 11.6. The lowest BCUT2D eigenvalue weighted by molar-refractivity contribution is -0.138. The molecule has 0 rings (SSSR count). The zero-order valence-electron chi connectivity index (χ0n) is 6.64. The van der Waals surface area contributed by atoms with E-state index in [1.165, 1.54) is 0 Å². The van der Waals surface area contributed by atoms with Crippen LogP contribution < -0.4 is 5.73 Å². The molecule has 0 amide bonds. The SMILES string of the molecule is COP(=O)(O)CC[C@@H](N)C(=O)O. The Morgan fingerprint density at radius 3 is 2.58 bits per heavy atom. The van der Waals surface area contributed by atoms with E-state index in [-0.39, 0.29) is 12.6 Å². The van der Waals surface area contributed by atoms with Crippen molar-refractivity contribution in [3.63, 3.8) is 0 Å². The van der Waals surface area contributed by atoms with E-state index in [9.17, 15) is 9.36 Å². The lowest BCUT2D eigenvalue weighted by atomic mass is 10.2. The summed E-state index contributed by atoms with van der Waals surface area (Å²) in [5, 5.41) is 8.31. The summed E-state index contributed by atoms with van der Waals surface area (Å²) in [5.41, 5.74) is 5.09. The first-order chi connectivity index (χ1) is 5.39. The van der Waals surface area contributed by atoms with Crippen molar-refractivity contribution in [3.05, 3.63) is 0 Å². The van der Waals surface area contributed by atoms with E-state index >= 15 is 0 Å². The molecule has 0 bridgehead atoms. The molecule has 0 spiro atoms. The first-order valence-electron chi connectivity index (χ1n) is 3.25. The normalized spacial score (nSPS) is 18.2. The zero-order chi connectivity index (χ0) is 9.78. The molecule has 7 heteroatoms. The summed E-state index contributed by atoms with van der Waals surface area (Å²) >= 11 is 0. The van der Waals surface area contributed by atoms with Crippen LogP contribution in [0.3, 0.4) is 0 Å². The molecule has 0 aromatic rings. The highest BCUT2D eigenvalue weighted by molar-refractivity contribution is 7.52. The van der Waals surface area contributed by atoms with Gasteiger partial charge in [0, 0.05) is 7.11 Å². The Balaban J connectivity index is 3.83. The van der Waals surface area contributed by atoms with Crippen molar-refractivity contribution >= 4 is 13.6 Å². The smallest absolute Gasteiger partial charge is 0.327 e. The first-order valence-corrected chi connectivity index (χ1v) is 5.01. The minimum atomic E-state index is -3.61. The summed E-state index contributed by atoms with van der Waals surface area (Å²) in [4.78, 5) is 19.0. The standard InChI is InChI=1S/C5H12NO5P/c1-11-12(9,10)3-2-4(6)5(7)8/h4H,2-3,6H2,1H3,(H,7,8)(H,9,10)/t4-/m1/s1. The van der Waals surface area contributed by atoms with Gasteiger partial charge in [0.05, 0.1) is 6.16 Å². The fourth-order valence-electron chi connectivity index (χ4n) is 0.517. The van der Waals surface area contributed by atoms with Gasteiger partial charge in [-0.05, 0) is 6.42 Å². The maximum atomic E-state index is 10.8. The lowest BCUT2D eigenvalue weighted by Crippen LogP contribution is -2.30. The summed E-state index contributed by atoms with van der Waals surface area (Å²) in [5.74, 6) is -1.19. The summed E-state index contributed by atoms with van der Waals surface area (Å²) in [6.45, 7) is 0. The number of hydrogen-bond donors (Lipinski definition) is 3. The third-order valence-electron chi connectivity index (χ3n) is 1.33. The Labute approximate surface area is 69.9 Å². The molecule has 0 aromatic heterocycles. The van der Waals surface area contributed by atoms with Gasteiger partial charge in [0.15, 0.2) is 0 Å². The molecule has 0 radical (unpaired) electrons. The molecule has 0 aromatic carbocycles. The van der Waals surface area contributed by atoms with E-state index < -0.39 is 19.6 Å². The highest BCUT2D eigenvalue weighted by Crippen LogP contribution is 2.41. The Morgan fingerprint density at radius 2 is 2.25 bits per heavy atom. The lowest BCUT2D eigenvalue weighted by Gasteiger charge is -2.10. The second-order valence-corrected chi connectivity index (χ2v) is 4.36. The minimum Gasteiger partial charge on any atom is -0.480 e. The van der Waals surface area contributed by atoms with E-state index in [1.807, 2.05) is 0 Å². The summed E-state index contributed by atoms with van der Waals surface area (Å²) < 4.78 is 15.0. The average Bonchev–Trinajstić information content (AvgIpc) is 2.00. The van der Waals surface area contributed by atoms with Gasteiger partial charge in [0.2, 0.25) is 0 Å². The number of carbonyl (C=O) groups is 1. The predicted octanol–water partition coefficient (Wildman–Crippen LogP) is -0.380. The Bertz CT molecular complexity index is 206. The van der Waals surface area contributed by atoms with Crippen LogP contribution in [0.15, 0.2) is 0 Å². The van der Waals surface area contributed by atoms with Crippen LogP contribution in [-0.4, -0.2) is 35.3 Å². The fourth-order valence-corrected chi connectivity index (χ4v) is 1.30. The summed E-state index contributed by atoms with van der Waals surface area (Å²) in [6.07, 6.45) is -0.312. The number of nitrogens with two attached hydrogens (primary N) is 1. The molecule has 0 heterocycles. The van der Waals surface area contributed by atoms with Gasteiger partial charge in [-0.15, -0.1) is 0 Å². The van der Waals surface area contributed by atoms with Crippen LogP contribution in [0.4, 0.5) is 0 Å². The third kappa shape index (κ3) is 4.46. The second-order valence-electron chi connectivity index (χ2n) is 2.28. The minimum absolute atomic E-state index is 0.0725. The molecule has 0 fully saturated rings. The zero-order valence-corrected chi connectivity index (χ0v) is 7.53. The van der Waals surface area contributed by atoms with E-state index in [2.05, 4.69) is 4.52 Å². The average molecular weight is 197 g/mol.